The van der Waals surface area contributed by atoms with E-state index < -0.39 is 0 Å². The highest BCUT2D eigenvalue weighted by molar-refractivity contribution is 6.30. The molecule has 0 heterocycles. The van der Waals surface area contributed by atoms with Crippen molar-refractivity contribution in [3.05, 3.63) is 106 Å². The van der Waals surface area contributed by atoms with E-state index >= 15 is 0 Å². The molecule has 0 aromatic heterocycles. The summed E-state index contributed by atoms with van der Waals surface area (Å²) in [6.45, 7) is 2.04. The van der Waals surface area contributed by atoms with Gasteiger partial charge in [0.1, 0.15) is 5.78 Å². The number of aryl methyl sites for hydroxylation is 1. The van der Waals surface area contributed by atoms with Gasteiger partial charge in [0.05, 0.1) is 0 Å². The van der Waals surface area contributed by atoms with Gasteiger partial charge in [-0.3, -0.25) is 9.59 Å². The van der Waals surface area contributed by atoms with Crippen LogP contribution < -0.4 is 5.32 Å². The van der Waals surface area contributed by atoms with Crippen molar-refractivity contribution in [1.29, 1.82) is 0 Å². The Labute approximate surface area is 225 Å². The van der Waals surface area contributed by atoms with E-state index in [1.807, 2.05) is 73.7 Å². The molecule has 0 saturated carbocycles. The van der Waals surface area contributed by atoms with Crippen LogP contribution in [0.2, 0.25) is 10.0 Å². The van der Waals surface area contributed by atoms with E-state index in [0.717, 1.165) is 36.8 Å². The minimum Gasteiger partial charge on any atom is -0.353 e. The molecule has 2 atom stereocenters. The van der Waals surface area contributed by atoms with Gasteiger partial charge in [0, 0.05) is 41.3 Å². The van der Waals surface area contributed by atoms with Gasteiger partial charge >= 0.3 is 0 Å². The number of benzene rings is 3. The molecular weight excluding hydrogens is 489 g/mol. The molecule has 3 aromatic carbocycles. The fourth-order valence-corrected chi connectivity index (χ4v) is 4.71. The second-order valence-corrected chi connectivity index (χ2v) is 10.3. The largest absolute Gasteiger partial charge is 0.353 e. The average molecular weight is 525 g/mol. The molecule has 36 heavy (non-hydrogen) atoms. The average Bonchev–Trinajstić information content (AvgIpc) is 2.87. The number of carbonyl (C=O) groups is 2. The maximum absolute atomic E-state index is 12.7. The first-order valence-corrected chi connectivity index (χ1v) is 13.5. The maximum Gasteiger partial charge on any atom is 0.220 e. The van der Waals surface area contributed by atoms with Crippen LogP contribution in [0.1, 0.15) is 68.1 Å². The quantitative estimate of drug-likeness (QED) is 0.217. The van der Waals surface area contributed by atoms with Crippen molar-refractivity contribution in [2.75, 3.05) is 0 Å². The van der Waals surface area contributed by atoms with Gasteiger partial charge < -0.3 is 5.32 Å². The van der Waals surface area contributed by atoms with E-state index in [9.17, 15) is 9.59 Å². The monoisotopic (exact) mass is 523 g/mol. The van der Waals surface area contributed by atoms with Crippen LogP contribution in [-0.4, -0.2) is 17.7 Å². The first-order chi connectivity index (χ1) is 17.4. The first-order valence-electron chi connectivity index (χ1n) is 12.8. The van der Waals surface area contributed by atoms with Crippen LogP contribution in [0.5, 0.6) is 0 Å². The predicted octanol–water partition coefficient (Wildman–Crippen LogP) is 7.98. The van der Waals surface area contributed by atoms with Crippen LogP contribution in [-0.2, 0) is 22.4 Å². The van der Waals surface area contributed by atoms with Gasteiger partial charge in [-0.05, 0) is 80.0 Å². The van der Waals surface area contributed by atoms with Gasteiger partial charge in [0.25, 0.3) is 0 Å². The fourth-order valence-electron chi connectivity index (χ4n) is 4.46. The number of ketones is 1. The predicted molar refractivity (Wildman–Crippen MR) is 150 cm³/mol. The van der Waals surface area contributed by atoms with E-state index in [1.165, 1.54) is 5.56 Å². The minimum absolute atomic E-state index is 0.0223. The third-order valence-corrected chi connectivity index (χ3v) is 7.04. The van der Waals surface area contributed by atoms with Gasteiger partial charge in [0.2, 0.25) is 5.91 Å². The number of unbranched alkanes of at least 4 members (excludes halogenated alkanes) is 1. The molecule has 0 aliphatic carbocycles. The molecule has 2 unspecified atom stereocenters. The van der Waals surface area contributed by atoms with Crippen LogP contribution >= 0.6 is 23.2 Å². The van der Waals surface area contributed by atoms with Gasteiger partial charge in [-0.1, -0.05) is 77.8 Å². The maximum atomic E-state index is 12.7. The SMILES string of the molecule is CC(NC(=O)CCCCC(=O)CCCc1ccccc1)C(Cc1ccc(Cl)cc1)c1ccc(Cl)cc1. The number of hydrogen-bond acceptors (Lipinski definition) is 2. The molecular formula is C31H35Cl2NO2. The van der Waals surface area contributed by atoms with Crippen LogP contribution in [0, 0.1) is 0 Å². The molecule has 0 aliphatic heterocycles. The Kier molecular flexibility index (Phi) is 11.5. The molecule has 1 N–H and O–H groups in total. The molecule has 0 radical (unpaired) electrons. The van der Waals surface area contributed by atoms with Crippen molar-refractivity contribution in [1.82, 2.24) is 5.32 Å². The lowest BCUT2D eigenvalue weighted by molar-refractivity contribution is -0.122. The summed E-state index contributed by atoms with van der Waals surface area (Å²) in [7, 11) is 0. The van der Waals surface area contributed by atoms with Gasteiger partial charge in [-0.25, -0.2) is 0 Å². The molecule has 5 heteroatoms. The molecule has 0 bridgehead atoms. The Morgan fingerprint density at radius 2 is 1.31 bits per heavy atom. The standard InChI is InChI=1S/C31H35Cl2NO2/c1-23(30(26-16-20-28(33)21-17-26)22-25-14-18-27(32)19-15-25)34-31(36)13-6-5-11-29(35)12-7-10-24-8-3-2-4-9-24/h2-4,8-9,14-21,23,30H,5-7,10-13,22H2,1H3,(H,34,36). The number of carbonyl (C=O) groups excluding carboxylic acids is 2. The van der Waals surface area contributed by atoms with E-state index in [0.29, 0.717) is 35.7 Å². The smallest absolute Gasteiger partial charge is 0.220 e. The summed E-state index contributed by atoms with van der Waals surface area (Å²) in [4.78, 5) is 24.9. The zero-order valence-electron chi connectivity index (χ0n) is 20.9. The molecule has 0 saturated heterocycles. The molecule has 3 rings (SSSR count). The molecule has 190 valence electrons. The summed E-state index contributed by atoms with van der Waals surface area (Å²) in [5.41, 5.74) is 3.55. The Morgan fingerprint density at radius 1 is 0.722 bits per heavy atom. The third kappa shape index (κ3) is 9.79. The Hall–Kier alpha value is -2.62. The summed E-state index contributed by atoms with van der Waals surface area (Å²) in [5.74, 6) is 0.401. The van der Waals surface area contributed by atoms with Crippen LogP contribution in [0.15, 0.2) is 78.9 Å². The van der Waals surface area contributed by atoms with Crippen molar-refractivity contribution in [2.24, 2.45) is 0 Å². The van der Waals surface area contributed by atoms with E-state index in [4.69, 9.17) is 23.2 Å². The fraction of sp³-hybridized carbons (Fsp3) is 0.355. The minimum atomic E-state index is -0.0611. The van der Waals surface area contributed by atoms with Crippen molar-refractivity contribution in [3.8, 4) is 0 Å². The lowest BCUT2D eigenvalue weighted by atomic mass is 9.86. The number of hydrogen-bond donors (Lipinski definition) is 1. The van der Waals surface area contributed by atoms with Gasteiger partial charge in [-0.15, -0.1) is 0 Å². The molecule has 3 nitrogen and oxygen atoms in total. The van der Waals surface area contributed by atoms with Crippen molar-refractivity contribution in [3.63, 3.8) is 0 Å². The zero-order valence-corrected chi connectivity index (χ0v) is 22.4. The van der Waals surface area contributed by atoms with Crippen molar-refractivity contribution < 1.29 is 9.59 Å². The Morgan fingerprint density at radius 3 is 1.97 bits per heavy atom. The summed E-state index contributed by atoms with van der Waals surface area (Å²) in [5, 5.41) is 4.58. The highest BCUT2D eigenvalue weighted by atomic mass is 35.5. The Balaban J connectivity index is 1.43. The molecule has 0 spiro atoms. The second-order valence-electron chi connectivity index (χ2n) is 9.43. The summed E-state index contributed by atoms with van der Waals surface area (Å²) >= 11 is 12.2. The highest BCUT2D eigenvalue weighted by Gasteiger charge is 2.22. The zero-order chi connectivity index (χ0) is 25.8. The molecule has 1 amide bonds. The number of halogens is 2. The molecule has 3 aromatic rings. The van der Waals surface area contributed by atoms with E-state index in [2.05, 4.69) is 17.4 Å². The second kappa shape index (κ2) is 14.8. The summed E-state index contributed by atoms with van der Waals surface area (Å²) < 4.78 is 0. The van der Waals surface area contributed by atoms with Crippen LogP contribution in [0.25, 0.3) is 0 Å². The summed E-state index contributed by atoms with van der Waals surface area (Å²) in [6.07, 6.45) is 5.61. The first kappa shape index (κ1) is 28.0. The van der Waals surface area contributed by atoms with Gasteiger partial charge in [-0.2, -0.15) is 0 Å². The third-order valence-electron chi connectivity index (χ3n) is 6.53. The molecule has 0 aliphatic rings. The van der Waals surface area contributed by atoms with Crippen molar-refractivity contribution in [2.45, 2.75) is 70.3 Å². The molecule has 0 fully saturated rings. The lowest BCUT2D eigenvalue weighted by Gasteiger charge is -2.26. The number of nitrogens with one attached hydrogen (secondary N) is 1. The summed E-state index contributed by atoms with van der Waals surface area (Å²) in [6, 6.07) is 25.8. The topological polar surface area (TPSA) is 46.2 Å². The van der Waals surface area contributed by atoms with E-state index in [-0.39, 0.29) is 23.7 Å². The number of Topliss-reactive ketones (excluding diaryl/α,β-unsaturated/α-hetero) is 1. The van der Waals surface area contributed by atoms with E-state index in [1.54, 1.807) is 0 Å². The van der Waals surface area contributed by atoms with Crippen LogP contribution in [0.3, 0.4) is 0 Å². The highest BCUT2D eigenvalue weighted by Crippen LogP contribution is 2.27. The number of amides is 1. The Bertz CT molecular complexity index is 1080. The van der Waals surface area contributed by atoms with Crippen LogP contribution in [0.4, 0.5) is 0 Å². The normalized spacial score (nSPS) is 12.6. The lowest BCUT2D eigenvalue weighted by Crippen LogP contribution is -2.37. The van der Waals surface area contributed by atoms with Gasteiger partial charge in [0.15, 0.2) is 0 Å². The van der Waals surface area contributed by atoms with Crippen molar-refractivity contribution >= 4 is 34.9 Å². The number of rotatable bonds is 14.